The Labute approximate surface area is 173 Å². The zero-order chi connectivity index (χ0) is 21.0. The van der Waals surface area contributed by atoms with Gasteiger partial charge >= 0.3 is 11.9 Å². The molecule has 2 unspecified atom stereocenters. The van der Waals surface area contributed by atoms with E-state index in [-0.39, 0.29) is 37.6 Å². The molecule has 0 saturated heterocycles. The first-order chi connectivity index (χ1) is 13.9. The van der Waals surface area contributed by atoms with Gasteiger partial charge in [-0.25, -0.2) is 9.78 Å². The number of anilines is 1. The second-order valence-corrected chi connectivity index (χ2v) is 8.00. The standard InChI is InChI=1S/C21H24N2O5S/c1-4-27-20(26)18-14(3)22-21(29-18)23(11-15-8-6-5-7-9-15)17(24)12-28-19(25)16-10-13(16)2/h5-9,13,16H,4,10-12H2,1-3H3. The van der Waals surface area contributed by atoms with Gasteiger partial charge in [0.25, 0.3) is 5.91 Å². The highest BCUT2D eigenvalue weighted by atomic mass is 32.1. The van der Waals surface area contributed by atoms with Crippen LogP contribution >= 0.6 is 11.3 Å². The number of aromatic nitrogens is 1. The smallest absolute Gasteiger partial charge is 0.350 e. The Hall–Kier alpha value is -2.74. The lowest BCUT2D eigenvalue weighted by Crippen LogP contribution is -2.34. The van der Waals surface area contributed by atoms with E-state index in [1.807, 2.05) is 37.3 Å². The fraction of sp³-hybridized carbons (Fsp3) is 0.429. The van der Waals surface area contributed by atoms with Crippen molar-refractivity contribution >= 4 is 34.3 Å². The summed E-state index contributed by atoms with van der Waals surface area (Å²) >= 11 is 1.10. The van der Waals surface area contributed by atoms with Crippen LogP contribution in [0, 0.1) is 18.8 Å². The van der Waals surface area contributed by atoms with E-state index in [0.717, 1.165) is 23.3 Å². The van der Waals surface area contributed by atoms with Crippen LogP contribution in [-0.2, 0) is 25.6 Å². The Morgan fingerprint density at radius 1 is 1.21 bits per heavy atom. The third-order valence-electron chi connectivity index (χ3n) is 4.71. The van der Waals surface area contributed by atoms with Crippen LogP contribution in [0.25, 0.3) is 0 Å². The van der Waals surface area contributed by atoms with Gasteiger partial charge < -0.3 is 9.47 Å². The van der Waals surface area contributed by atoms with Crippen molar-refractivity contribution in [3.8, 4) is 0 Å². The number of amides is 1. The molecule has 0 aliphatic heterocycles. The molecule has 1 heterocycles. The van der Waals surface area contributed by atoms with E-state index in [1.54, 1.807) is 13.8 Å². The van der Waals surface area contributed by atoms with Crippen molar-refractivity contribution in [2.45, 2.75) is 33.7 Å². The fourth-order valence-corrected chi connectivity index (χ4v) is 3.86. The highest BCUT2D eigenvalue weighted by molar-refractivity contribution is 7.17. The van der Waals surface area contributed by atoms with Gasteiger partial charge in [0.1, 0.15) is 4.88 Å². The summed E-state index contributed by atoms with van der Waals surface area (Å²) in [7, 11) is 0. The van der Waals surface area contributed by atoms with Crippen LogP contribution in [0.15, 0.2) is 30.3 Å². The summed E-state index contributed by atoms with van der Waals surface area (Å²) in [4.78, 5) is 43.2. The summed E-state index contributed by atoms with van der Waals surface area (Å²) in [5, 5.41) is 0.371. The van der Waals surface area contributed by atoms with Gasteiger partial charge in [0.2, 0.25) is 0 Å². The molecule has 8 heteroatoms. The number of hydrogen-bond donors (Lipinski definition) is 0. The number of nitrogens with zero attached hydrogens (tertiary/aromatic N) is 2. The summed E-state index contributed by atoms with van der Waals surface area (Å²) in [6.45, 7) is 5.56. The van der Waals surface area contributed by atoms with Crippen molar-refractivity contribution in [1.82, 2.24) is 4.98 Å². The maximum Gasteiger partial charge on any atom is 0.350 e. The molecule has 2 aromatic rings. The van der Waals surface area contributed by atoms with E-state index in [2.05, 4.69) is 4.98 Å². The van der Waals surface area contributed by atoms with Crippen LogP contribution in [0.2, 0.25) is 0 Å². The number of thiazole rings is 1. The first-order valence-electron chi connectivity index (χ1n) is 9.56. The number of carbonyl (C=O) groups is 3. The predicted octanol–water partition coefficient (Wildman–Crippen LogP) is 3.36. The van der Waals surface area contributed by atoms with Crippen molar-refractivity contribution in [2.75, 3.05) is 18.1 Å². The Kier molecular flexibility index (Phi) is 6.64. The molecule has 0 spiro atoms. The molecule has 0 bridgehead atoms. The summed E-state index contributed by atoms with van der Waals surface area (Å²) in [5.74, 6) is -0.989. The van der Waals surface area contributed by atoms with Gasteiger partial charge in [0.15, 0.2) is 11.7 Å². The van der Waals surface area contributed by atoms with Crippen molar-refractivity contribution in [2.24, 2.45) is 11.8 Å². The van der Waals surface area contributed by atoms with Crippen molar-refractivity contribution in [1.29, 1.82) is 0 Å². The molecule has 0 radical (unpaired) electrons. The van der Waals surface area contributed by atoms with Gasteiger partial charge in [-0.05, 0) is 31.7 Å². The first-order valence-corrected chi connectivity index (χ1v) is 10.4. The average Bonchev–Trinajstić information content (AvgIpc) is 3.32. The average molecular weight is 416 g/mol. The van der Waals surface area contributed by atoms with Crippen LogP contribution in [0.1, 0.15) is 41.2 Å². The zero-order valence-corrected chi connectivity index (χ0v) is 17.5. The molecular formula is C21H24N2O5S. The minimum atomic E-state index is -0.463. The molecule has 1 aliphatic rings. The predicted molar refractivity (Wildman–Crippen MR) is 109 cm³/mol. The number of benzene rings is 1. The molecule has 3 rings (SSSR count). The minimum Gasteiger partial charge on any atom is -0.462 e. The van der Waals surface area contributed by atoms with Crippen molar-refractivity contribution < 1.29 is 23.9 Å². The summed E-state index contributed by atoms with van der Waals surface area (Å²) in [6, 6.07) is 9.43. The number of esters is 2. The molecule has 1 aliphatic carbocycles. The second-order valence-electron chi connectivity index (χ2n) is 7.02. The van der Waals surface area contributed by atoms with E-state index in [0.29, 0.717) is 21.6 Å². The van der Waals surface area contributed by atoms with Gasteiger partial charge in [-0.15, -0.1) is 0 Å². The van der Waals surface area contributed by atoms with Crippen LogP contribution < -0.4 is 4.90 Å². The lowest BCUT2D eigenvalue weighted by atomic mass is 10.2. The lowest BCUT2D eigenvalue weighted by Gasteiger charge is -2.20. The maximum atomic E-state index is 12.9. The minimum absolute atomic E-state index is 0.108. The third-order valence-corrected chi connectivity index (χ3v) is 5.87. The number of aryl methyl sites for hydroxylation is 1. The largest absolute Gasteiger partial charge is 0.462 e. The SMILES string of the molecule is CCOC(=O)c1sc(N(Cc2ccccc2)C(=O)COC(=O)C2CC2C)nc1C. The van der Waals surface area contributed by atoms with Gasteiger partial charge in [-0.2, -0.15) is 0 Å². The molecule has 1 amide bonds. The molecule has 7 nitrogen and oxygen atoms in total. The van der Waals surface area contributed by atoms with Crippen LogP contribution in [0.5, 0.6) is 0 Å². The summed E-state index contributed by atoms with van der Waals surface area (Å²) < 4.78 is 10.3. The molecule has 1 aromatic heterocycles. The maximum absolute atomic E-state index is 12.9. The molecule has 2 atom stereocenters. The number of ether oxygens (including phenoxy) is 2. The Balaban J connectivity index is 1.79. The molecule has 1 fully saturated rings. The van der Waals surface area contributed by atoms with Gasteiger partial charge in [-0.3, -0.25) is 14.5 Å². The lowest BCUT2D eigenvalue weighted by molar-refractivity contribution is -0.149. The molecule has 1 aromatic carbocycles. The highest BCUT2D eigenvalue weighted by Crippen LogP contribution is 2.38. The molecule has 0 N–H and O–H groups in total. The monoisotopic (exact) mass is 416 g/mol. The molecule has 1 saturated carbocycles. The van der Waals surface area contributed by atoms with Crippen molar-refractivity contribution in [3.63, 3.8) is 0 Å². The quantitative estimate of drug-likeness (QED) is 0.614. The van der Waals surface area contributed by atoms with Gasteiger partial charge in [0.05, 0.1) is 24.8 Å². The molecular weight excluding hydrogens is 392 g/mol. The third kappa shape index (κ3) is 5.20. The Bertz CT molecular complexity index is 896. The molecule has 29 heavy (non-hydrogen) atoms. The highest BCUT2D eigenvalue weighted by Gasteiger charge is 2.41. The van der Waals surface area contributed by atoms with E-state index in [9.17, 15) is 14.4 Å². The summed E-state index contributed by atoms with van der Waals surface area (Å²) in [6.07, 6.45) is 0.801. The van der Waals surface area contributed by atoms with E-state index in [1.165, 1.54) is 4.90 Å². The van der Waals surface area contributed by atoms with Crippen molar-refractivity contribution in [3.05, 3.63) is 46.5 Å². The van der Waals surface area contributed by atoms with E-state index in [4.69, 9.17) is 9.47 Å². The van der Waals surface area contributed by atoms with Gasteiger partial charge in [-0.1, -0.05) is 48.6 Å². The molecule has 154 valence electrons. The van der Waals surface area contributed by atoms with Crippen LogP contribution in [-0.4, -0.2) is 36.0 Å². The van der Waals surface area contributed by atoms with E-state index >= 15 is 0 Å². The number of carbonyl (C=O) groups excluding carboxylic acids is 3. The fourth-order valence-electron chi connectivity index (χ4n) is 2.88. The topological polar surface area (TPSA) is 85.8 Å². The van der Waals surface area contributed by atoms with Crippen LogP contribution in [0.3, 0.4) is 0 Å². The Morgan fingerprint density at radius 2 is 1.90 bits per heavy atom. The normalized spacial score (nSPS) is 17.5. The number of hydrogen-bond acceptors (Lipinski definition) is 7. The Morgan fingerprint density at radius 3 is 2.52 bits per heavy atom. The van der Waals surface area contributed by atoms with Gasteiger partial charge in [0, 0.05) is 0 Å². The zero-order valence-electron chi connectivity index (χ0n) is 16.7. The number of rotatable bonds is 8. The summed E-state index contributed by atoms with van der Waals surface area (Å²) in [5.41, 5.74) is 1.40. The van der Waals surface area contributed by atoms with E-state index < -0.39 is 5.97 Å². The second kappa shape index (κ2) is 9.17. The van der Waals surface area contributed by atoms with Crippen LogP contribution in [0.4, 0.5) is 5.13 Å². The first kappa shape index (κ1) is 21.0.